The minimum Gasteiger partial charge on any atom is -0.370 e. The molecule has 96 valence electrons. The van der Waals surface area contributed by atoms with Crippen molar-refractivity contribution in [3.05, 3.63) is 33.3 Å². The summed E-state index contributed by atoms with van der Waals surface area (Å²) in [4.78, 5) is 4.70. The van der Waals surface area contributed by atoms with Crippen molar-refractivity contribution in [3.63, 3.8) is 0 Å². The standard InChI is InChI=1S/C14H16BrClN2/c1-4-17-14-10(8(2)3)7-9-5-6-11(16)12(15)13(9)18-14/h5-8H,4H2,1-3H3,(H,17,18). The molecule has 0 radical (unpaired) electrons. The summed E-state index contributed by atoms with van der Waals surface area (Å²) in [5.41, 5.74) is 2.14. The van der Waals surface area contributed by atoms with E-state index in [0.717, 1.165) is 27.7 Å². The van der Waals surface area contributed by atoms with Gasteiger partial charge in [-0.25, -0.2) is 4.98 Å². The summed E-state index contributed by atoms with van der Waals surface area (Å²) in [7, 11) is 0. The largest absolute Gasteiger partial charge is 0.370 e. The van der Waals surface area contributed by atoms with Crippen LogP contribution >= 0.6 is 27.5 Å². The normalized spacial score (nSPS) is 11.2. The molecule has 0 saturated heterocycles. The van der Waals surface area contributed by atoms with Gasteiger partial charge in [0, 0.05) is 11.9 Å². The lowest BCUT2D eigenvalue weighted by Crippen LogP contribution is -2.05. The number of hydrogen-bond acceptors (Lipinski definition) is 2. The Bertz CT molecular complexity index is 582. The third kappa shape index (κ3) is 2.47. The number of nitrogens with one attached hydrogen (secondary N) is 1. The van der Waals surface area contributed by atoms with Crippen LogP contribution in [-0.4, -0.2) is 11.5 Å². The summed E-state index contributed by atoms with van der Waals surface area (Å²) >= 11 is 9.62. The molecule has 1 N–H and O–H groups in total. The Kier molecular flexibility index (Phi) is 4.13. The molecule has 0 unspecified atom stereocenters. The third-order valence-corrected chi connectivity index (χ3v) is 4.22. The zero-order chi connectivity index (χ0) is 13.3. The molecule has 0 saturated carbocycles. The molecule has 0 fully saturated rings. The number of nitrogens with zero attached hydrogens (tertiary/aromatic N) is 1. The van der Waals surface area contributed by atoms with E-state index in [-0.39, 0.29) is 0 Å². The highest BCUT2D eigenvalue weighted by atomic mass is 79.9. The molecule has 1 aromatic heterocycles. The fourth-order valence-corrected chi connectivity index (χ4v) is 2.55. The van der Waals surface area contributed by atoms with Gasteiger partial charge in [-0.2, -0.15) is 0 Å². The quantitative estimate of drug-likeness (QED) is 0.837. The van der Waals surface area contributed by atoms with Crippen molar-refractivity contribution in [1.82, 2.24) is 4.98 Å². The number of aromatic nitrogens is 1. The summed E-state index contributed by atoms with van der Waals surface area (Å²) in [6.45, 7) is 7.28. The topological polar surface area (TPSA) is 24.9 Å². The van der Waals surface area contributed by atoms with Gasteiger partial charge in [0.15, 0.2) is 0 Å². The van der Waals surface area contributed by atoms with Gasteiger partial charge in [-0.1, -0.05) is 31.5 Å². The van der Waals surface area contributed by atoms with Crippen molar-refractivity contribution < 1.29 is 0 Å². The Hall–Kier alpha value is -0.800. The van der Waals surface area contributed by atoms with Crippen LogP contribution in [0, 0.1) is 0 Å². The maximum absolute atomic E-state index is 6.11. The molecule has 0 aliphatic carbocycles. The van der Waals surface area contributed by atoms with Crippen LogP contribution in [0.15, 0.2) is 22.7 Å². The van der Waals surface area contributed by atoms with Crippen LogP contribution in [0.25, 0.3) is 10.9 Å². The van der Waals surface area contributed by atoms with E-state index in [1.54, 1.807) is 0 Å². The minimum absolute atomic E-state index is 0.436. The van der Waals surface area contributed by atoms with Crippen LogP contribution in [0.1, 0.15) is 32.3 Å². The van der Waals surface area contributed by atoms with Crippen molar-refractivity contribution in [2.24, 2.45) is 0 Å². The van der Waals surface area contributed by atoms with Crippen molar-refractivity contribution >= 4 is 44.3 Å². The number of rotatable bonds is 3. The van der Waals surface area contributed by atoms with Gasteiger partial charge < -0.3 is 5.32 Å². The highest BCUT2D eigenvalue weighted by Gasteiger charge is 2.12. The fraction of sp³-hybridized carbons (Fsp3) is 0.357. The van der Waals surface area contributed by atoms with Crippen LogP contribution in [0.2, 0.25) is 5.02 Å². The highest BCUT2D eigenvalue weighted by Crippen LogP contribution is 2.34. The highest BCUT2D eigenvalue weighted by molar-refractivity contribution is 9.10. The molecule has 4 heteroatoms. The van der Waals surface area contributed by atoms with Gasteiger partial charge in [-0.3, -0.25) is 0 Å². The number of fused-ring (bicyclic) bond motifs is 1. The zero-order valence-electron chi connectivity index (χ0n) is 10.7. The van der Waals surface area contributed by atoms with Gasteiger partial charge in [-0.05, 0) is 46.5 Å². The predicted molar refractivity (Wildman–Crippen MR) is 82.7 cm³/mol. The van der Waals surface area contributed by atoms with Crippen LogP contribution in [0.5, 0.6) is 0 Å². The van der Waals surface area contributed by atoms with Crippen LogP contribution in [-0.2, 0) is 0 Å². The Labute approximate surface area is 121 Å². The first-order chi connectivity index (χ1) is 8.54. The van der Waals surface area contributed by atoms with E-state index in [9.17, 15) is 0 Å². The van der Waals surface area contributed by atoms with Gasteiger partial charge >= 0.3 is 0 Å². The summed E-state index contributed by atoms with van der Waals surface area (Å²) in [6, 6.07) is 6.09. The molecule has 2 aromatic rings. The van der Waals surface area contributed by atoms with E-state index < -0.39 is 0 Å². The second-order valence-corrected chi connectivity index (χ2v) is 5.74. The first-order valence-electron chi connectivity index (χ1n) is 6.07. The maximum Gasteiger partial charge on any atom is 0.130 e. The molecule has 0 aliphatic rings. The van der Waals surface area contributed by atoms with E-state index in [4.69, 9.17) is 16.6 Å². The van der Waals surface area contributed by atoms with E-state index in [1.165, 1.54) is 5.56 Å². The van der Waals surface area contributed by atoms with E-state index in [2.05, 4.69) is 48.1 Å². The number of hydrogen-bond donors (Lipinski definition) is 1. The molecular formula is C14H16BrClN2. The summed E-state index contributed by atoms with van der Waals surface area (Å²) in [5.74, 6) is 1.38. The zero-order valence-corrected chi connectivity index (χ0v) is 13.1. The Morgan fingerprint density at radius 3 is 2.72 bits per heavy atom. The van der Waals surface area contributed by atoms with Gasteiger partial charge in [0.1, 0.15) is 5.82 Å². The first-order valence-corrected chi connectivity index (χ1v) is 7.24. The number of halogens is 2. The molecule has 0 bridgehead atoms. The molecule has 1 heterocycles. The smallest absolute Gasteiger partial charge is 0.130 e. The summed E-state index contributed by atoms with van der Waals surface area (Å²) < 4.78 is 0.858. The molecule has 2 nitrogen and oxygen atoms in total. The Morgan fingerprint density at radius 1 is 1.39 bits per heavy atom. The molecule has 0 atom stereocenters. The first kappa shape index (κ1) is 13.6. The van der Waals surface area contributed by atoms with E-state index in [0.29, 0.717) is 10.9 Å². The van der Waals surface area contributed by atoms with Crippen molar-refractivity contribution in [3.8, 4) is 0 Å². The van der Waals surface area contributed by atoms with Crippen molar-refractivity contribution in [2.75, 3.05) is 11.9 Å². The van der Waals surface area contributed by atoms with Crippen LogP contribution in [0.4, 0.5) is 5.82 Å². The second-order valence-electron chi connectivity index (χ2n) is 4.54. The Morgan fingerprint density at radius 2 is 2.11 bits per heavy atom. The number of benzene rings is 1. The van der Waals surface area contributed by atoms with Gasteiger partial charge in [-0.15, -0.1) is 0 Å². The number of pyridine rings is 1. The van der Waals surface area contributed by atoms with Crippen LogP contribution < -0.4 is 5.32 Å². The molecule has 18 heavy (non-hydrogen) atoms. The SMILES string of the molecule is CCNc1nc2c(Br)c(Cl)ccc2cc1C(C)C. The van der Waals surface area contributed by atoms with Gasteiger partial charge in [0.05, 0.1) is 15.0 Å². The minimum atomic E-state index is 0.436. The van der Waals surface area contributed by atoms with Crippen molar-refractivity contribution in [2.45, 2.75) is 26.7 Å². The molecular weight excluding hydrogens is 312 g/mol. The lowest BCUT2D eigenvalue weighted by atomic mass is 10.0. The lowest BCUT2D eigenvalue weighted by molar-refractivity contribution is 0.861. The lowest BCUT2D eigenvalue weighted by Gasteiger charge is -2.15. The number of anilines is 1. The summed E-state index contributed by atoms with van der Waals surface area (Å²) in [6.07, 6.45) is 0. The predicted octanol–water partition coefficient (Wildman–Crippen LogP) is 5.21. The maximum atomic E-state index is 6.11. The molecule has 0 aliphatic heterocycles. The third-order valence-electron chi connectivity index (χ3n) is 2.87. The Balaban J connectivity index is 2.72. The van der Waals surface area contributed by atoms with Gasteiger partial charge in [0.2, 0.25) is 0 Å². The molecule has 1 aromatic carbocycles. The monoisotopic (exact) mass is 326 g/mol. The van der Waals surface area contributed by atoms with E-state index >= 15 is 0 Å². The molecule has 2 rings (SSSR count). The molecule has 0 amide bonds. The summed E-state index contributed by atoms with van der Waals surface area (Å²) in [5, 5.41) is 5.12. The fourth-order valence-electron chi connectivity index (χ4n) is 1.95. The van der Waals surface area contributed by atoms with E-state index in [1.807, 2.05) is 12.1 Å². The van der Waals surface area contributed by atoms with Crippen LogP contribution in [0.3, 0.4) is 0 Å². The average molecular weight is 328 g/mol. The molecule has 0 spiro atoms. The average Bonchev–Trinajstić information content (AvgIpc) is 2.34. The second kappa shape index (κ2) is 5.45. The van der Waals surface area contributed by atoms with Crippen molar-refractivity contribution in [1.29, 1.82) is 0 Å². The van der Waals surface area contributed by atoms with Gasteiger partial charge in [0.25, 0.3) is 0 Å².